The zero-order chi connectivity index (χ0) is 11.5. The van der Waals surface area contributed by atoms with Gasteiger partial charge in [-0.15, -0.1) is 3.89 Å². The first-order chi connectivity index (χ1) is 6.95. The number of hydrogen-bond donors (Lipinski definition) is 0. The van der Waals surface area contributed by atoms with Crippen LogP contribution in [0.25, 0.3) is 0 Å². The molecule has 4 nitrogen and oxygen atoms in total. The monoisotopic (exact) mass is 232 g/mol. The van der Waals surface area contributed by atoms with Crippen LogP contribution in [0, 0.1) is 0 Å². The van der Waals surface area contributed by atoms with Crippen molar-refractivity contribution in [3.8, 4) is 0 Å². The number of halogens is 1. The van der Waals surface area contributed by atoms with Crippen LogP contribution in [0.3, 0.4) is 0 Å². The second kappa shape index (κ2) is 4.39. The van der Waals surface area contributed by atoms with Crippen molar-refractivity contribution in [1.29, 1.82) is 0 Å². The number of rotatable bonds is 3. The summed E-state index contributed by atoms with van der Waals surface area (Å²) in [7, 11) is -3.62. The van der Waals surface area contributed by atoms with Crippen LogP contribution < -0.4 is 0 Å². The molecule has 1 rings (SSSR count). The van der Waals surface area contributed by atoms with Gasteiger partial charge in [-0.1, -0.05) is 18.2 Å². The average Bonchev–Trinajstić information content (AvgIpc) is 2.17. The van der Waals surface area contributed by atoms with Crippen molar-refractivity contribution in [1.82, 2.24) is 0 Å². The summed E-state index contributed by atoms with van der Waals surface area (Å²) in [6, 6.07) is 5.37. The van der Waals surface area contributed by atoms with Crippen LogP contribution in [-0.4, -0.2) is 21.5 Å². The van der Waals surface area contributed by atoms with E-state index < -0.39 is 21.1 Å². The Morgan fingerprint density at radius 2 is 2.00 bits per heavy atom. The van der Waals surface area contributed by atoms with Gasteiger partial charge >= 0.3 is 16.2 Å². The summed E-state index contributed by atoms with van der Waals surface area (Å²) in [5.41, 5.74) is 0.0897. The van der Waals surface area contributed by atoms with Crippen molar-refractivity contribution >= 4 is 16.2 Å². The van der Waals surface area contributed by atoms with E-state index in [2.05, 4.69) is 4.74 Å². The molecule has 0 saturated carbocycles. The largest absolute Gasteiger partial charge is 0.469 e. The van der Waals surface area contributed by atoms with Crippen molar-refractivity contribution in [2.45, 2.75) is 11.3 Å². The Morgan fingerprint density at radius 3 is 2.53 bits per heavy atom. The van der Waals surface area contributed by atoms with E-state index in [-0.39, 0.29) is 12.0 Å². The van der Waals surface area contributed by atoms with Crippen LogP contribution in [0.15, 0.2) is 29.2 Å². The van der Waals surface area contributed by atoms with Crippen molar-refractivity contribution in [2.75, 3.05) is 7.11 Å². The summed E-state index contributed by atoms with van der Waals surface area (Å²) < 4.78 is 38.5. The minimum absolute atomic E-state index is 0.0897. The van der Waals surface area contributed by atoms with E-state index in [1.165, 1.54) is 25.3 Å². The second-order valence-corrected chi connectivity index (χ2v) is 4.11. The predicted molar refractivity (Wildman–Crippen MR) is 50.5 cm³/mol. The molecule has 0 atom stereocenters. The van der Waals surface area contributed by atoms with Gasteiger partial charge in [0.05, 0.1) is 13.5 Å². The van der Waals surface area contributed by atoms with Crippen LogP contribution in [0.5, 0.6) is 0 Å². The Hall–Kier alpha value is -1.43. The van der Waals surface area contributed by atoms with Crippen LogP contribution in [0.2, 0.25) is 0 Å². The van der Waals surface area contributed by atoms with Crippen molar-refractivity contribution in [3.05, 3.63) is 29.8 Å². The molecule has 0 fully saturated rings. The van der Waals surface area contributed by atoms with E-state index in [0.717, 1.165) is 6.07 Å². The van der Waals surface area contributed by atoms with E-state index in [1.807, 2.05) is 0 Å². The number of carbonyl (C=O) groups is 1. The molecule has 0 aromatic heterocycles. The molecule has 0 radical (unpaired) electrons. The van der Waals surface area contributed by atoms with Gasteiger partial charge in [0.2, 0.25) is 0 Å². The van der Waals surface area contributed by atoms with Gasteiger partial charge in [-0.05, 0) is 11.6 Å². The Morgan fingerprint density at radius 1 is 1.40 bits per heavy atom. The summed E-state index contributed by atoms with van der Waals surface area (Å²) in [6.45, 7) is 0. The standard InChI is InChI=1S/C9H9FO4S/c1-14-9(11)6-7-4-2-3-5-8(7)15(10,12)13/h2-5H,6H2,1H3. The van der Waals surface area contributed by atoms with Gasteiger partial charge < -0.3 is 4.74 Å². The lowest BCUT2D eigenvalue weighted by Gasteiger charge is -2.03. The molecular formula is C9H9FO4S. The zero-order valence-electron chi connectivity index (χ0n) is 7.94. The van der Waals surface area contributed by atoms with E-state index in [1.54, 1.807) is 0 Å². The number of ether oxygens (including phenoxy) is 1. The fourth-order valence-corrected chi connectivity index (χ4v) is 1.81. The Labute approximate surface area is 86.9 Å². The maximum atomic E-state index is 12.8. The van der Waals surface area contributed by atoms with E-state index in [4.69, 9.17) is 0 Å². The lowest BCUT2D eigenvalue weighted by molar-refractivity contribution is -0.139. The van der Waals surface area contributed by atoms with Gasteiger partial charge in [0.15, 0.2) is 0 Å². The summed E-state index contributed by atoms with van der Waals surface area (Å²) in [5, 5.41) is 0. The first-order valence-electron chi connectivity index (χ1n) is 4.04. The highest BCUT2D eigenvalue weighted by Gasteiger charge is 2.18. The molecule has 15 heavy (non-hydrogen) atoms. The molecule has 1 aromatic rings. The van der Waals surface area contributed by atoms with Gasteiger partial charge in [-0.2, -0.15) is 8.42 Å². The molecular weight excluding hydrogens is 223 g/mol. The lowest BCUT2D eigenvalue weighted by atomic mass is 10.1. The molecule has 0 heterocycles. The molecule has 0 aliphatic carbocycles. The highest BCUT2D eigenvalue weighted by Crippen LogP contribution is 2.18. The molecule has 82 valence electrons. The SMILES string of the molecule is COC(=O)Cc1ccccc1S(=O)(=O)F. The van der Waals surface area contributed by atoms with Gasteiger partial charge in [-0.25, -0.2) is 0 Å². The van der Waals surface area contributed by atoms with Gasteiger partial charge in [0.25, 0.3) is 0 Å². The predicted octanol–water partition coefficient (Wildman–Crippen LogP) is 1.06. The van der Waals surface area contributed by atoms with Crippen LogP contribution in [0.4, 0.5) is 3.89 Å². The lowest BCUT2D eigenvalue weighted by Crippen LogP contribution is -2.08. The number of hydrogen-bond acceptors (Lipinski definition) is 4. The van der Waals surface area contributed by atoms with Crippen LogP contribution in [0.1, 0.15) is 5.56 Å². The molecule has 6 heteroatoms. The molecule has 0 bridgehead atoms. The van der Waals surface area contributed by atoms with Gasteiger partial charge in [0.1, 0.15) is 4.90 Å². The highest BCUT2D eigenvalue weighted by molar-refractivity contribution is 7.86. The third-order valence-electron chi connectivity index (χ3n) is 1.80. The molecule has 0 N–H and O–H groups in total. The van der Waals surface area contributed by atoms with Crippen molar-refractivity contribution in [2.24, 2.45) is 0 Å². The van der Waals surface area contributed by atoms with E-state index in [9.17, 15) is 17.1 Å². The minimum atomic E-state index is -4.80. The number of benzene rings is 1. The molecule has 0 amide bonds. The smallest absolute Gasteiger partial charge is 0.332 e. The molecule has 0 spiro atoms. The fourth-order valence-electron chi connectivity index (χ4n) is 1.12. The Kier molecular flexibility index (Phi) is 3.41. The molecule has 1 aromatic carbocycles. The number of esters is 1. The van der Waals surface area contributed by atoms with Crippen molar-refractivity contribution in [3.63, 3.8) is 0 Å². The quantitative estimate of drug-likeness (QED) is 0.577. The van der Waals surface area contributed by atoms with Crippen LogP contribution in [-0.2, 0) is 26.2 Å². The first kappa shape index (κ1) is 11.6. The van der Waals surface area contributed by atoms with Gasteiger partial charge in [0, 0.05) is 0 Å². The van der Waals surface area contributed by atoms with E-state index in [0.29, 0.717) is 0 Å². The molecule has 0 aliphatic rings. The normalized spacial score (nSPS) is 11.1. The Balaban J connectivity index is 3.13. The average molecular weight is 232 g/mol. The van der Waals surface area contributed by atoms with Crippen LogP contribution >= 0.6 is 0 Å². The Bertz CT molecular complexity index is 467. The second-order valence-electron chi connectivity index (χ2n) is 2.80. The molecule has 0 unspecified atom stereocenters. The summed E-state index contributed by atoms with van der Waals surface area (Å²) in [5.74, 6) is -0.619. The molecule has 0 aliphatic heterocycles. The molecule has 0 saturated heterocycles. The third kappa shape index (κ3) is 3.02. The van der Waals surface area contributed by atoms with Crippen molar-refractivity contribution < 1.29 is 21.8 Å². The number of carbonyl (C=O) groups excluding carboxylic acids is 1. The highest BCUT2D eigenvalue weighted by atomic mass is 32.3. The fraction of sp³-hybridized carbons (Fsp3) is 0.222. The zero-order valence-corrected chi connectivity index (χ0v) is 8.75. The number of methoxy groups -OCH3 is 1. The maximum absolute atomic E-state index is 12.8. The minimum Gasteiger partial charge on any atom is -0.469 e. The third-order valence-corrected chi connectivity index (χ3v) is 2.72. The maximum Gasteiger partial charge on any atom is 0.332 e. The summed E-state index contributed by atoms with van der Waals surface area (Å²) >= 11 is 0. The summed E-state index contributed by atoms with van der Waals surface area (Å²) in [6.07, 6.45) is -0.268. The summed E-state index contributed by atoms with van der Waals surface area (Å²) in [4.78, 5) is 10.4. The van der Waals surface area contributed by atoms with E-state index >= 15 is 0 Å². The van der Waals surface area contributed by atoms with Gasteiger partial charge in [-0.3, -0.25) is 4.79 Å². The first-order valence-corrected chi connectivity index (χ1v) is 5.43. The topological polar surface area (TPSA) is 60.4 Å².